The number of nitrogens with zero attached hydrogens (tertiary/aromatic N) is 2. The van der Waals surface area contributed by atoms with Crippen LogP contribution in [0.25, 0.3) is 0 Å². The summed E-state index contributed by atoms with van der Waals surface area (Å²) >= 11 is 0. The number of amides is 1. The Bertz CT molecular complexity index is 1200. The quantitative estimate of drug-likeness (QED) is 0.171. The van der Waals surface area contributed by atoms with Gasteiger partial charge < -0.3 is 26.3 Å². The zero-order valence-electron chi connectivity index (χ0n) is 17.9. The van der Waals surface area contributed by atoms with Crippen LogP contribution in [0.5, 0.6) is 0 Å². The molecule has 3 aromatic rings. The molecule has 1 unspecified atom stereocenters. The maximum absolute atomic E-state index is 14.2. The third-order valence-corrected chi connectivity index (χ3v) is 4.71. The number of carbonyl (C=O) groups excluding carboxylic acids is 1. The van der Waals surface area contributed by atoms with E-state index in [0.29, 0.717) is 5.56 Å². The van der Waals surface area contributed by atoms with E-state index in [1.807, 2.05) is 30.3 Å². The number of hydrogen-bond donors (Lipinski definition) is 4. The maximum Gasteiger partial charge on any atom is 0.276 e. The molecule has 9 nitrogen and oxygen atoms in total. The highest BCUT2D eigenvalue weighted by Gasteiger charge is 2.22. The number of rotatable bonds is 9. The van der Waals surface area contributed by atoms with E-state index < -0.39 is 23.5 Å². The third-order valence-electron chi connectivity index (χ3n) is 4.71. The molecule has 3 rings (SSSR count). The fourth-order valence-electron chi connectivity index (χ4n) is 3.11. The molecule has 0 aliphatic carbocycles. The molecule has 0 aliphatic heterocycles. The fraction of sp³-hybridized carbons (Fsp3) is 0.174. The summed E-state index contributed by atoms with van der Waals surface area (Å²) in [5.41, 5.74) is 6.36. The normalized spacial score (nSPS) is 12.2. The van der Waals surface area contributed by atoms with Gasteiger partial charge in [0.05, 0.1) is 5.56 Å². The van der Waals surface area contributed by atoms with Gasteiger partial charge in [-0.1, -0.05) is 29.4 Å². The molecule has 0 radical (unpaired) electrons. The van der Waals surface area contributed by atoms with E-state index in [1.165, 1.54) is 29.0 Å². The predicted octanol–water partition coefficient (Wildman–Crippen LogP) is 2.68. The van der Waals surface area contributed by atoms with Crippen molar-refractivity contribution in [2.45, 2.75) is 19.7 Å². The molecule has 5 N–H and O–H groups in total. The SMILES string of the molecule is CCOC(C(=O)NCc1ccc(C(N)=NO)c(F)c1)n1cccc(Nc2ccccc2)c1=O. The van der Waals surface area contributed by atoms with E-state index in [1.54, 1.807) is 19.1 Å². The van der Waals surface area contributed by atoms with Gasteiger partial charge in [0.15, 0.2) is 5.84 Å². The Labute approximate surface area is 189 Å². The van der Waals surface area contributed by atoms with Gasteiger partial charge in [0, 0.05) is 25.0 Å². The van der Waals surface area contributed by atoms with Gasteiger partial charge in [0.25, 0.3) is 11.5 Å². The number of aromatic nitrogens is 1. The average Bonchev–Trinajstić information content (AvgIpc) is 2.83. The number of pyridine rings is 1. The van der Waals surface area contributed by atoms with E-state index in [-0.39, 0.29) is 30.2 Å². The van der Waals surface area contributed by atoms with Gasteiger partial charge >= 0.3 is 0 Å². The molecule has 1 heterocycles. The van der Waals surface area contributed by atoms with Crippen LogP contribution >= 0.6 is 0 Å². The zero-order chi connectivity index (χ0) is 23.8. The fourth-order valence-corrected chi connectivity index (χ4v) is 3.11. The first kappa shape index (κ1) is 23.5. The number of nitrogens with one attached hydrogen (secondary N) is 2. The molecule has 0 fully saturated rings. The first-order chi connectivity index (χ1) is 15.9. The minimum Gasteiger partial charge on any atom is -0.409 e. The minimum atomic E-state index is -1.22. The maximum atomic E-state index is 14.2. The molecule has 1 aromatic heterocycles. The second kappa shape index (κ2) is 10.9. The molecule has 1 amide bonds. The summed E-state index contributed by atoms with van der Waals surface area (Å²) in [5.74, 6) is -1.63. The van der Waals surface area contributed by atoms with Crippen molar-refractivity contribution in [2.24, 2.45) is 10.9 Å². The lowest BCUT2D eigenvalue weighted by Gasteiger charge is -2.20. The average molecular weight is 453 g/mol. The van der Waals surface area contributed by atoms with E-state index in [9.17, 15) is 14.0 Å². The lowest BCUT2D eigenvalue weighted by Crippen LogP contribution is -2.38. The summed E-state index contributed by atoms with van der Waals surface area (Å²) in [6, 6.07) is 16.4. The second-order valence-corrected chi connectivity index (χ2v) is 6.95. The summed E-state index contributed by atoms with van der Waals surface area (Å²) in [6.07, 6.45) is 0.241. The summed E-state index contributed by atoms with van der Waals surface area (Å²) < 4.78 is 20.9. The van der Waals surface area contributed by atoms with Crippen LogP contribution in [0.2, 0.25) is 0 Å². The highest BCUT2D eigenvalue weighted by Crippen LogP contribution is 2.15. The van der Waals surface area contributed by atoms with Crippen LogP contribution in [0.4, 0.5) is 15.8 Å². The summed E-state index contributed by atoms with van der Waals surface area (Å²) in [5, 5.41) is 17.1. The minimum absolute atomic E-state index is 0.0213. The van der Waals surface area contributed by atoms with Gasteiger partial charge in [-0.25, -0.2) is 4.39 Å². The van der Waals surface area contributed by atoms with Crippen molar-refractivity contribution in [2.75, 3.05) is 11.9 Å². The van der Waals surface area contributed by atoms with Gasteiger partial charge in [-0.3, -0.25) is 14.2 Å². The molecule has 0 spiro atoms. The van der Waals surface area contributed by atoms with Gasteiger partial charge in [0.1, 0.15) is 11.5 Å². The van der Waals surface area contributed by atoms with Crippen molar-refractivity contribution in [3.63, 3.8) is 0 Å². The van der Waals surface area contributed by atoms with Gasteiger partial charge in [0.2, 0.25) is 6.23 Å². The lowest BCUT2D eigenvalue weighted by atomic mass is 10.1. The van der Waals surface area contributed by atoms with Crippen molar-refractivity contribution >= 4 is 23.1 Å². The largest absolute Gasteiger partial charge is 0.409 e. The Balaban J connectivity index is 1.77. The van der Waals surface area contributed by atoms with Crippen LogP contribution in [0.3, 0.4) is 0 Å². The summed E-state index contributed by atoms with van der Waals surface area (Å²) in [4.78, 5) is 25.8. The molecule has 33 heavy (non-hydrogen) atoms. The number of halogens is 1. The predicted molar refractivity (Wildman–Crippen MR) is 122 cm³/mol. The van der Waals surface area contributed by atoms with Crippen LogP contribution < -0.4 is 21.9 Å². The number of anilines is 2. The lowest BCUT2D eigenvalue weighted by molar-refractivity contribution is -0.139. The van der Waals surface area contributed by atoms with Crippen molar-refractivity contribution in [1.29, 1.82) is 0 Å². The number of benzene rings is 2. The van der Waals surface area contributed by atoms with E-state index in [2.05, 4.69) is 15.8 Å². The van der Waals surface area contributed by atoms with E-state index >= 15 is 0 Å². The van der Waals surface area contributed by atoms with Crippen LogP contribution in [-0.4, -0.2) is 28.1 Å². The number of para-hydroxylation sites is 1. The van der Waals surface area contributed by atoms with Crippen LogP contribution in [0, 0.1) is 5.82 Å². The molecule has 0 saturated heterocycles. The molecular formula is C23H24FN5O4. The molecule has 0 bridgehead atoms. The Hall–Kier alpha value is -4.18. The zero-order valence-corrected chi connectivity index (χ0v) is 17.9. The van der Waals surface area contributed by atoms with Gasteiger partial charge in [-0.05, 0) is 48.9 Å². The first-order valence-electron chi connectivity index (χ1n) is 10.1. The first-order valence-corrected chi connectivity index (χ1v) is 10.1. The standard InChI is InChI=1S/C23H24FN5O4/c1-2-33-23(21(30)26-14-15-10-11-17(18(24)13-15)20(25)28-32)29-12-6-9-19(22(29)31)27-16-7-4-3-5-8-16/h3-13,23,27,32H,2,14H2,1H3,(H2,25,28)(H,26,30). The number of oxime groups is 1. The van der Waals surface area contributed by atoms with Crippen molar-refractivity contribution in [3.05, 3.63) is 94.2 Å². The molecule has 2 aromatic carbocycles. The number of hydrogen-bond acceptors (Lipinski definition) is 6. The Morgan fingerprint density at radius 1 is 1.21 bits per heavy atom. The number of carbonyl (C=O) groups is 1. The van der Waals surface area contributed by atoms with Crippen LogP contribution in [0.1, 0.15) is 24.3 Å². The van der Waals surface area contributed by atoms with E-state index in [0.717, 1.165) is 5.69 Å². The molecule has 172 valence electrons. The number of nitrogens with two attached hydrogens (primary N) is 1. The summed E-state index contributed by atoms with van der Waals surface area (Å²) in [6.45, 7) is 1.87. The molecule has 10 heteroatoms. The number of amidine groups is 1. The smallest absolute Gasteiger partial charge is 0.276 e. The highest BCUT2D eigenvalue weighted by atomic mass is 19.1. The Morgan fingerprint density at radius 3 is 2.64 bits per heavy atom. The summed E-state index contributed by atoms with van der Waals surface area (Å²) in [7, 11) is 0. The van der Waals surface area contributed by atoms with Gasteiger partial charge in [-0.15, -0.1) is 0 Å². The Kier molecular flexibility index (Phi) is 7.77. The van der Waals surface area contributed by atoms with Gasteiger partial charge in [-0.2, -0.15) is 0 Å². The highest BCUT2D eigenvalue weighted by molar-refractivity contribution is 5.97. The van der Waals surface area contributed by atoms with Crippen molar-refractivity contribution < 1.29 is 19.1 Å². The van der Waals surface area contributed by atoms with Crippen LogP contribution in [0.15, 0.2) is 76.8 Å². The third kappa shape index (κ3) is 5.74. The monoisotopic (exact) mass is 453 g/mol. The topological polar surface area (TPSA) is 131 Å². The number of ether oxygens (including phenoxy) is 1. The molecule has 1 atom stereocenters. The Morgan fingerprint density at radius 2 is 1.97 bits per heavy atom. The molecule has 0 saturated carbocycles. The van der Waals surface area contributed by atoms with Crippen LogP contribution in [-0.2, 0) is 16.1 Å². The molecular weight excluding hydrogens is 429 g/mol. The van der Waals surface area contributed by atoms with Crippen molar-refractivity contribution in [1.82, 2.24) is 9.88 Å². The molecule has 0 aliphatic rings. The van der Waals surface area contributed by atoms with Crippen molar-refractivity contribution in [3.8, 4) is 0 Å². The van der Waals surface area contributed by atoms with E-state index in [4.69, 9.17) is 15.7 Å². The second-order valence-electron chi connectivity index (χ2n) is 6.95.